The van der Waals surface area contributed by atoms with Crippen LogP contribution in [0, 0.1) is 13.8 Å². The first-order chi connectivity index (χ1) is 12.7. The maximum atomic E-state index is 12.3. The fourth-order valence-corrected chi connectivity index (χ4v) is 3.58. The van der Waals surface area contributed by atoms with Crippen molar-refractivity contribution in [2.45, 2.75) is 27.2 Å². The van der Waals surface area contributed by atoms with Crippen LogP contribution in [0.1, 0.15) is 24.5 Å². The zero-order chi connectivity index (χ0) is 20.0. The van der Waals surface area contributed by atoms with Crippen LogP contribution >= 0.6 is 0 Å². The van der Waals surface area contributed by atoms with Gasteiger partial charge in [0.1, 0.15) is 5.75 Å². The van der Waals surface area contributed by atoms with Crippen LogP contribution in [0.5, 0.6) is 5.75 Å². The Bertz CT molecular complexity index is 893. The highest BCUT2D eigenvalue weighted by atomic mass is 32.2. The number of benzene rings is 2. The third-order valence-corrected chi connectivity index (χ3v) is 5.24. The molecule has 6 nitrogen and oxygen atoms in total. The molecule has 146 valence electrons. The van der Waals surface area contributed by atoms with Crippen LogP contribution in [0.4, 0.5) is 11.4 Å². The fourth-order valence-electron chi connectivity index (χ4n) is 2.65. The Labute approximate surface area is 161 Å². The summed E-state index contributed by atoms with van der Waals surface area (Å²) in [6, 6.07) is 12.6. The monoisotopic (exact) mass is 390 g/mol. The molecule has 0 heterocycles. The number of rotatable bonds is 8. The minimum atomic E-state index is -3.51. The molecule has 0 aliphatic rings. The van der Waals surface area contributed by atoms with Crippen LogP contribution in [0.3, 0.4) is 0 Å². The summed E-state index contributed by atoms with van der Waals surface area (Å²) in [7, 11) is -3.51. The van der Waals surface area contributed by atoms with Crippen molar-refractivity contribution in [2.75, 3.05) is 29.0 Å². The number of carbonyl (C=O) groups excluding carboxylic acids is 1. The minimum Gasteiger partial charge on any atom is -0.494 e. The van der Waals surface area contributed by atoms with Gasteiger partial charge >= 0.3 is 0 Å². The average molecular weight is 391 g/mol. The lowest BCUT2D eigenvalue weighted by Crippen LogP contribution is -2.33. The zero-order valence-corrected chi connectivity index (χ0v) is 17.0. The van der Waals surface area contributed by atoms with E-state index in [2.05, 4.69) is 5.32 Å². The number of nitrogens with zero attached hydrogens (tertiary/aromatic N) is 1. The van der Waals surface area contributed by atoms with Gasteiger partial charge in [-0.05, 0) is 62.2 Å². The van der Waals surface area contributed by atoms with Crippen LogP contribution in [-0.4, -0.2) is 33.7 Å². The molecule has 7 heteroatoms. The number of carbonyl (C=O) groups is 1. The summed E-state index contributed by atoms with van der Waals surface area (Å²) in [5, 5.41) is 2.85. The van der Waals surface area contributed by atoms with Crippen molar-refractivity contribution in [1.82, 2.24) is 0 Å². The Morgan fingerprint density at radius 3 is 2.37 bits per heavy atom. The Morgan fingerprint density at radius 1 is 1.11 bits per heavy atom. The van der Waals surface area contributed by atoms with Gasteiger partial charge in [0.2, 0.25) is 15.9 Å². The highest BCUT2D eigenvalue weighted by Gasteiger charge is 2.19. The Kier molecular flexibility index (Phi) is 6.85. The fraction of sp³-hybridized carbons (Fsp3) is 0.350. The summed E-state index contributed by atoms with van der Waals surface area (Å²) < 4.78 is 31.0. The van der Waals surface area contributed by atoms with Gasteiger partial charge in [-0.2, -0.15) is 0 Å². The van der Waals surface area contributed by atoms with Crippen molar-refractivity contribution in [2.24, 2.45) is 0 Å². The molecule has 27 heavy (non-hydrogen) atoms. The molecule has 1 amide bonds. The van der Waals surface area contributed by atoms with Crippen LogP contribution < -0.4 is 14.4 Å². The van der Waals surface area contributed by atoms with Gasteiger partial charge in [-0.3, -0.25) is 9.10 Å². The van der Waals surface area contributed by atoms with Crippen molar-refractivity contribution >= 4 is 27.3 Å². The highest BCUT2D eigenvalue weighted by molar-refractivity contribution is 7.92. The van der Waals surface area contributed by atoms with E-state index in [9.17, 15) is 13.2 Å². The molecular formula is C20H26N2O4S. The summed E-state index contributed by atoms with van der Waals surface area (Å²) in [5.41, 5.74) is 3.25. The number of ether oxygens (including phenoxy) is 1. The first-order valence-corrected chi connectivity index (χ1v) is 10.6. The van der Waals surface area contributed by atoms with Crippen molar-refractivity contribution in [3.8, 4) is 5.75 Å². The van der Waals surface area contributed by atoms with E-state index in [0.717, 1.165) is 23.1 Å². The van der Waals surface area contributed by atoms with Crippen LogP contribution in [0.15, 0.2) is 42.5 Å². The molecular weight excluding hydrogens is 364 g/mol. The van der Waals surface area contributed by atoms with E-state index in [1.165, 1.54) is 4.31 Å². The number of aryl methyl sites for hydroxylation is 2. The van der Waals surface area contributed by atoms with E-state index in [-0.39, 0.29) is 18.9 Å². The highest BCUT2D eigenvalue weighted by Crippen LogP contribution is 2.22. The SMILES string of the molecule is CCOc1ccc(N(CCC(=O)Nc2cc(C)ccc2C)S(C)(=O)=O)cc1. The molecule has 0 fully saturated rings. The molecule has 1 N–H and O–H groups in total. The van der Waals surface area contributed by atoms with Crippen molar-refractivity contribution in [3.05, 3.63) is 53.6 Å². The van der Waals surface area contributed by atoms with Gasteiger partial charge in [-0.1, -0.05) is 12.1 Å². The number of anilines is 2. The van der Waals surface area contributed by atoms with Gasteiger partial charge in [-0.25, -0.2) is 8.42 Å². The third kappa shape index (κ3) is 5.99. The second kappa shape index (κ2) is 8.90. The van der Waals surface area contributed by atoms with Crippen molar-refractivity contribution in [3.63, 3.8) is 0 Å². The Balaban J connectivity index is 2.08. The van der Waals surface area contributed by atoms with Gasteiger partial charge in [0, 0.05) is 18.7 Å². The molecule has 0 aliphatic carbocycles. The number of nitrogens with one attached hydrogen (secondary N) is 1. The summed E-state index contributed by atoms with van der Waals surface area (Å²) in [6.07, 6.45) is 1.18. The lowest BCUT2D eigenvalue weighted by molar-refractivity contribution is -0.116. The van der Waals surface area contributed by atoms with Crippen molar-refractivity contribution in [1.29, 1.82) is 0 Å². The lowest BCUT2D eigenvalue weighted by Gasteiger charge is -2.22. The first-order valence-electron chi connectivity index (χ1n) is 8.78. The zero-order valence-electron chi connectivity index (χ0n) is 16.2. The average Bonchev–Trinajstić information content (AvgIpc) is 2.59. The predicted octanol–water partition coefficient (Wildman–Crippen LogP) is 3.50. The smallest absolute Gasteiger partial charge is 0.232 e. The molecule has 0 aliphatic heterocycles. The van der Waals surface area contributed by atoms with E-state index >= 15 is 0 Å². The number of hydrogen-bond donors (Lipinski definition) is 1. The van der Waals surface area contributed by atoms with E-state index in [1.54, 1.807) is 24.3 Å². The van der Waals surface area contributed by atoms with Gasteiger partial charge in [0.15, 0.2) is 0 Å². The van der Waals surface area contributed by atoms with E-state index in [0.29, 0.717) is 18.0 Å². The minimum absolute atomic E-state index is 0.0493. The van der Waals surface area contributed by atoms with Gasteiger partial charge in [0.05, 0.1) is 18.6 Å². The van der Waals surface area contributed by atoms with Crippen LogP contribution in [0.2, 0.25) is 0 Å². The van der Waals surface area contributed by atoms with Crippen LogP contribution in [0.25, 0.3) is 0 Å². The second-order valence-electron chi connectivity index (χ2n) is 6.38. The third-order valence-electron chi connectivity index (χ3n) is 4.05. The molecule has 2 aromatic rings. The molecule has 0 unspecified atom stereocenters. The van der Waals surface area contributed by atoms with Crippen LogP contribution in [-0.2, 0) is 14.8 Å². The molecule has 0 atom stereocenters. The lowest BCUT2D eigenvalue weighted by atomic mass is 10.1. The Hall–Kier alpha value is -2.54. The maximum Gasteiger partial charge on any atom is 0.232 e. The molecule has 0 saturated carbocycles. The number of hydrogen-bond acceptors (Lipinski definition) is 4. The first kappa shape index (κ1) is 20.8. The maximum absolute atomic E-state index is 12.3. The Morgan fingerprint density at radius 2 is 1.78 bits per heavy atom. The summed E-state index contributed by atoms with van der Waals surface area (Å²) >= 11 is 0. The van der Waals surface area contributed by atoms with E-state index < -0.39 is 10.0 Å². The topological polar surface area (TPSA) is 75.7 Å². The quantitative estimate of drug-likeness (QED) is 0.749. The number of amides is 1. The molecule has 0 bridgehead atoms. The van der Waals surface area contributed by atoms with Gasteiger partial charge in [0.25, 0.3) is 0 Å². The summed E-state index contributed by atoms with van der Waals surface area (Å²) in [6.45, 7) is 6.34. The molecule has 0 saturated heterocycles. The second-order valence-corrected chi connectivity index (χ2v) is 8.29. The molecule has 0 radical (unpaired) electrons. The standard InChI is InChI=1S/C20H26N2O4S/c1-5-26-18-10-8-17(9-11-18)22(27(4,24)25)13-12-20(23)21-19-14-15(2)6-7-16(19)3/h6-11,14H,5,12-13H2,1-4H3,(H,21,23). The van der Waals surface area contributed by atoms with Gasteiger partial charge in [-0.15, -0.1) is 0 Å². The number of sulfonamides is 1. The molecule has 2 aromatic carbocycles. The molecule has 0 aromatic heterocycles. The largest absolute Gasteiger partial charge is 0.494 e. The predicted molar refractivity (Wildman–Crippen MR) is 109 cm³/mol. The van der Waals surface area contributed by atoms with Gasteiger partial charge < -0.3 is 10.1 Å². The van der Waals surface area contributed by atoms with E-state index in [1.807, 2.05) is 39.0 Å². The molecule has 0 spiro atoms. The normalized spacial score (nSPS) is 11.1. The summed E-state index contributed by atoms with van der Waals surface area (Å²) in [5.74, 6) is 0.436. The van der Waals surface area contributed by atoms with E-state index in [4.69, 9.17) is 4.74 Å². The molecule has 2 rings (SSSR count). The van der Waals surface area contributed by atoms with Crippen molar-refractivity contribution < 1.29 is 17.9 Å². The summed E-state index contributed by atoms with van der Waals surface area (Å²) in [4.78, 5) is 12.3.